The molecule has 0 radical (unpaired) electrons. The number of aliphatic hydroxyl groups is 1. The second-order valence-corrected chi connectivity index (χ2v) is 8.19. The molecule has 1 fully saturated rings. The molecule has 1 N–H and O–H groups in total. The highest BCUT2D eigenvalue weighted by Gasteiger charge is 2.27. The molecule has 0 aromatic carbocycles. The Labute approximate surface area is 148 Å². The molecule has 134 valence electrons. The zero-order valence-electron chi connectivity index (χ0n) is 15.1. The predicted molar refractivity (Wildman–Crippen MR) is 99.6 cm³/mol. The minimum absolute atomic E-state index is 0.275. The molecule has 2 aromatic heterocycles. The normalized spacial score (nSPS) is 20.5. The SMILES string of the molecule is Cc1nc2sccn2c1CN1CCN(CCC(C)C)[C@H](CCO)C1. The van der Waals surface area contributed by atoms with Crippen molar-refractivity contribution in [3.8, 4) is 0 Å². The molecule has 5 nitrogen and oxygen atoms in total. The second-order valence-electron chi connectivity index (χ2n) is 7.32. The van der Waals surface area contributed by atoms with Gasteiger partial charge in [0.15, 0.2) is 4.96 Å². The standard InChI is InChI=1S/C18H30N4OS/c1-14(2)4-6-21-8-7-20(12-16(21)5-10-23)13-17-15(3)19-18-22(17)9-11-24-18/h9,11,14,16,23H,4-8,10,12-13H2,1-3H3/t16-/m1/s1. The lowest BCUT2D eigenvalue weighted by Gasteiger charge is -2.41. The number of rotatable bonds is 7. The summed E-state index contributed by atoms with van der Waals surface area (Å²) in [5.74, 6) is 0.735. The third-order valence-electron chi connectivity index (χ3n) is 5.08. The molecule has 0 saturated carbocycles. The van der Waals surface area contributed by atoms with Gasteiger partial charge >= 0.3 is 0 Å². The summed E-state index contributed by atoms with van der Waals surface area (Å²) in [5, 5.41) is 11.6. The van der Waals surface area contributed by atoms with Gasteiger partial charge in [-0.1, -0.05) is 13.8 Å². The highest BCUT2D eigenvalue weighted by atomic mass is 32.1. The minimum atomic E-state index is 0.275. The third kappa shape index (κ3) is 3.99. The smallest absolute Gasteiger partial charge is 0.194 e. The fourth-order valence-corrected chi connectivity index (χ4v) is 4.36. The van der Waals surface area contributed by atoms with Gasteiger partial charge in [-0.05, 0) is 32.2 Å². The zero-order chi connectivity index (χ0) is 17.1. The van der Waals surface area contributed by atoms with E-state index in [1.54, 1.807) is 11.3 Å². The van der Waals surface area contributed by atoms with Crippen molar-refractivity contribution in [2.24, 2.45) is 5.92 Å². The van der Waals surface area contributed by atoms with Crippen LogP contribution in [0.25, 0.3) is 4.96 Å². The lowest BCUT2D eigenvalue weighted by molar-refractivity contribution is 0.0516. The topological polar surface area (TPSA) is 44.0 Å². The van der Waals surface area contributed by atoms with E-state index in [1.807, 2.05) is 0 Å². The van der Waals surface area contributed by atoms with Crippen LogP contribution >= 0.6 is 11.3 Å². The average molecular weight is 351 g/mol. The third-order valence-corrected chi connectivity index (χ3v) is 5.84. The van der Waals surface area contributed by atoms with Crippen LogP contribution in [0.4, 0.5) is 0 Å². The van der Waals surface area contributed by atoms with Crippen LogP contribution in [0, 0.1) is 12.8 Å². The number of hydrogen-bond donors (Lipinski definition) is 1. The molecular weight excluding hydrogens is 320 g/mol. The van der Waals surface area contributed by atoms with Gasteiger partial charge in [-0.2, -0.15) is 0 Å². The van der Waals surface area contributed by atoms with E-state index < -0.39 is 0 Å². The van der Waals surface area contributed by atoms with Gasteiger partial charge in [-0.15, -0.1) is 11.3 Å². The van der Waals surface area contributed by atoms with Crippen molar-refractivity contribution < 1.29 is 5.11 Å². The molecular formula is C18H30N4OS. The number of hydrogen-bond acceptors (Lipinski definition) is 5. The number of thiazole rings is 1. The second kappa shape index (κ2) is 7.95. The van der Waals surface area contributed by atoms with Gasteiger partial charge in [-0.3, -0.25) is 14.2 Å². The summed E-state index contributed by atoms with van der Waals surface area (Å²) in [6, 6.07) is 0.466. The number of aromatic nitrogens is 2. The van der Waals surface area contributed by atoms with Crippen LogP contribution in [-0.4, -0.2) is 63.1 Å². The van der Waals surface area contributed by atoms with E-state index >= 15 is 0 Å². The molecule has 0 aliphatic carbocycles. The number of aryl methyl sites for hydroxylation is 1. The summed E-state index contributed by atoms with van der Waals surface area (Å²) in [6.45, 7) is 12.3. The van der Waals surface area contributed by atoms with Crippen molar-refractivity contribution >= 4 is 16.3 Å². The lowest BCUT2D eigenvalue weighted by Crippen LogP contribution is -2.53. The van der Waals surface area contributed by atoms with E-state index in [2.05, 4.69) is 51.5 Å². The lowest BCUT2D eigenvalue weighted by atomic mass is 10.1. The van der Waals surface area contributed by atoms with Gasteiger partial charge in [-0.25, -0.2) is 4.98 Å². The van der Waals surface area contributed by atoms with E-state index in [4.69, 9.17) is 0 Å². The molecule has 3 heterocycles. The van der Waals surface area contributed by atoms with Gasteiger partial charge in [0.05, 0.1) is 11.4 Å². The summed E-state index contributed by atoms with van der Waals surface area (Å²) >= 11 is 1.69. The first-order valence-electron chi connectivity index (χ1n) is 9.06. The largest absolute Gasteiger partial charge is 0.396 e. The van der Waals surface area contributed by atoms with E-state index in [-0.39, 0.29) is 6.61 Å². The van der Waals surface area contributed by atoms with Crippen molar-refractivity contribution in [1.29, 1.82) is 0 Å². The molecule has 6 heteroatoms. The van der Waals surface area contributed by atoms with Crippen molar-refractivity contribution in [2.75, 3.05) is 32.8 Å². The Morgan fingerprint density at radius 3 is 2.96 bits per heavy atom. The van der Waals surface area contributed by atoms with Crippen LogP contribution in [-0.2, 0) is 6.54 Å². The maximum absolute atomic E-state index is 9.46. The van der Waals surface area contributed by atoms with E-state index in [0.717, 1.165) is 55.7 Å². The van der Waals surface area contributed by atoms with Gasteiger partial charge < -0.3 is 5.11 Å². The van der Waals surface area contributed by atoms with Crippen LogP contribution < -0.4 is 0 Å². The van der Waals surface area contributed by atoms with Gasteiger partial charge in [0.25, 0.3) is 0 Å². The Morgan fingerprint density at radius 1 is 1.38 bits per heavy atom. The molecule has 24 heavy (non-hydrogen) atoms. The van der Waals surface area contributed by atoms with E-state index in [0.29, 0.717) is 6.04 Å². The maximum Gasteiger partial charge on any atom is 0.194 e. The van der Waals surface area contributed by atoms with Crippen LogP contribution in [0.5, 0.6) is 0 Å². The Morgan fingerprint density at radius 2 is 2.21 bits per heavy atom. The molecule has 0 bridgehead atoms. The summed E-state index contributed by atoms with van der Waals surface area (Å²) in [6.07, 6.45) is 4.23. The van der Waals surface area contributed by atoms with Gasteiger partial charge in [0, 0.05) is 50.4 Å². The first kappa shape index (κ1) is 17.9. The summed E-state index contributed by atoms with van der Waals surface area (Å²) < 4.78 is 2.23. The molecule has 1 aliphatic heterocycles. The van der Waals surface area contributed by atoms with E-state index in [9.17, 15) is 5.11 Å². The fourth-order valence-electron chi connectivity index (χ4n) is 3.59. The van der Waals surface area contributed by atoms with Crippen LogP contribution in [0.2, 0.25) is 0 Å². The highest BCUT2D eigenvalue weighted by molar-refractivity contribution is 7.15. The molecule has 0 spiro atoms. The van der Waals surface area contributed by atoms with Gasteiger partial charge in [0.2, 0.25) is 0 Å². The Hall–Kier alpha value is -0.950. The molecule has 3 rings (SSSR count). The minimum Gasteiger partial charge on any atom is -0.396 e. The number of nitrogens with zero attached hydrogens (tertiary/aromatic N) is 4. The van der Waals surface area contributed by atoms with Crippen LogP contribution in [0.15, 0.2) is 11.6 Å². The monoisotopic (exact) mass is 350 g/mol. The number of imidazole rings is 1. The fraction of sp³-hybridized carbons (Fsp3) is 0.722. The van der Waals surface area contributed by atoms with Crippen molar-refractivity contribution in [3.63, 3.8) is 0 Å². The molecule has 1 aliphatic rings. The maximum atomic E-state index is 9.46. The molecule has 1 atom stereocenters. The summed E-state index contributed by atoms with van der Waals surface area (Å²) in [4.78, 5) is 10.9. The van der Waals surface area contributed by atoms with Crippen molar-refractivity contribution in [1.82, 2.24) is 19.2 Å². The quantitative estimate of drug-likeness (QED) is 0.834. The van der Waals surface area contributed by atoms with E-state index in [1.165, 1.54) is 12.1 Å². The Kier molecular flexibility index (Phi) is 5.92. The Bertz CT molecular complexity index is 651. The number of piperazine rings is 1. The van der Waals surface area contributed by atoms with Crippen molar-refractivity contribution in [2.45, 2.75) is 46.2 Å². The predicted octanol–water partition coefficient (Wildman–Crippen LogP) is 2.62. The average Bonchev–Trinajstić information content (AvgIpc) is 3.09. The van der Waals surface area contributed by atoms with Gasteiger partial charge in [0.1, 0.15) is 0 Å². The first-order chi connectivity index (χ1) is 11.6. The van der Waals surface area contributed by atoms with Crippen LogP contribution in [0.1, 0.15) is 38.1 Å². The molecule has 1 saturated heterocycles. The first-order valence-corrected chi connectivity index (χ1v) is 9.94. The summed E-state index contributed by atoms with van der Waals surface area (Å²) in [5.41, 5.74) is 2.45. The molecule has 2 aromatic rings. The molecule has 0 amide bonds. The van der Waals surface area contributed by atoms with Crippen molar-refractivity contribution in [3.05, 3.63) is 23.0 Å². The Balaban J connectivity index is 1.65. The number of aliphatic hydroxyl groups excluding tert-OH is 1. The number of fused-ring (bicyclic) bond motifs is 1. The van der Waals surface area contributed by atoms with Crippen LogP contribution in [0.3, 0.4) is 0 Å². The summed E-state index contributed by atoms with van der Waals surface area (Å²) in [7, 11) is 0. The molecule has 0 unspecified atom stereocenters. The zero-order valence-corrected chi connectivity index (χ0v) is 15.9. The highest BCUT2D eigenvalue weighted by Crippen LogP contribution is 2.21.